The lowest BCUT2D eigenvalue weighted by molar-refractivity contribution is 0.312. The molecule has 42 heavy (non-hydrogen) atoms. The summed E-state index contributed by atoms with van der Waals surface area (Å²) < 4.78 is 0. The first-order chi connectivity index (χ1) is 20.4. The lowest BCUT2D eigenvalue weighted by Gasteiger charge is -2.32. The first kappa shape index (κ1) is 33.0. The number of anilines is 1. The third-order valence-corrected chi connectivity index (χ3v) is 8.41. The fourth-order valence-electron chi connectivity index (χ4n) is 5.75. The highest BCUT2D eigenvalue weighted by Gasteiger charge is 2.29. The maximum absolute atomic E-state index is 4.43. The third-order valence-electron chi connectivity index (χ3n) is 8.41. The van der Waals surface area contributed by atoms with Gasteiger partial charge in [-0.3, -0.25) is 0 Å². The minimum Gasteiger partial charge on any atom is -0.390 e. The van der Waals surface area contributed by atoms with Crippen LogP contribution in [0.5, 0.6) is 0 Å². The topological polar surface area (TPSA) is 30.5 Å². The number of rotatable bonds is 21. The van der Waals surface area contributed by atoms with Crippen molar-refractivity contribution in [2.75, 3.05) is 38.6 Å². The monoisotopic (exact) mass is 566 g/mol. The van der Waals surface area contributed by atoms with Gasteiger partial charge in [-0.05, 0) is 105 Å². The normalized spacial score (nSPS) is 13.0. The Bertz CT molecular complexity index is 1210. The van der Waals surface area contributed by atoms with Crippen molar-refractivity contribution in [3.63, 3.8) is 0 Å². The molecule has 0 fully saturated rings. The van der Waals surface area contributed by atoms with Gasteiger partial charge in [0.2, 0.25) is 0 Å². The molecular formula is C38H54N4. The van der Waals surface area contributed by atoms with Gasteiger partial charge in [0, 0.05) is 49.8 Å². The van der Waals surface area contributed by atoms with Gasteiger partial charge in [0.25, 0.3) is 0 Å². The summed E-state index contributed by atoms with van der Waals surface area (Å²) >= 11 is 0. The van der Waals surface area contributed by atoms with Crippen LogP contribution >= 0.6 is 0 Å². The maximum Gasteiger partial charge on any atom is 0.0688 e. The Hall–Kier alpha value is -3.50. The Labute approximate surface area is 256 Å². The first-order valence-corrected chi connectivity index (χ1v) is 15.8. The van der Waals surface area contributed by atoms with E-state index in [1.54, 1.807) is 0 Å². The number of nitrogens with one attached hydrogen (secondary N) is 2. The highest BCUT2D eigenvalue weighted by molar-refractivity contribution is 5.70. The molecule has 0 bridgehead atoms. The summed E-state index contributed by atoms with van der Waals surface area (Å²) in [6.07, 6.45) is 13.7. The zero-order valence-electron chi connectivity index (χ0n) is 26.4. The van der Waals surface area contributed by atoms with Crippen LogP contribution in [0.25, 0.3) is 11.3 Å². The molecule has 3 rings (SSSR count). The van der Waals surface area contributed by atoms with Crippen LogP contribution in [0.3, 0.4) is 0 Å². The minimum atomic E-state index is 0.224. The first-order valence-electron chi connectivity index (χ1n) is 15.8. The highest BCUT2D eigenvalue weighted by Crippen LogP contribution is 2.36. The third kappa shape index (κ3) is 9.52. The Morgan fingerprint density at radius 1 is 1.00 bits per heavy atom. The van der Waals surface area contributed by atoms with E-state index < -0.39 is 0 Å². The SMILES string of the molecule is C=CCCCN(C)c1cccc(C(=C)CCCCNCCCc2ccc3c(c2)CN(C(CCC=C)C(=C)NC)C3=C)c1. The molecule has 1 aliphatic heterocycles. The molecule has 1 atom stereocenters. The molecule has 4 heteroatoms. The van der Waals surface area contributed by atoms with Crippen molar-refractivity contribution in [3.8, 4) is 0 Å². The molecule has 0 saturated heterocycles. The fraction of sp³-hybridized carbons (Fsp3) is 0.421. The van der Waals surface area contributed by atoms with Crippen molar-refractivity contribution < 1.29 is 0 Å². The van der Waals surface area contributed by atoms with Crippen LogP contribution in [0.15, 0.2) is 93.2 Å². The molecule has 2 aromatic rings. The van der Waals surface area contributed by atoms with E-state index in [4.69, 9.17) is 0 Å². The van der Waals surface area contributed by atoms with E-state index in [9.17, 15) is 0 Å². The Morgan fingerprint density at radius 2 is 1.79 bits per heavy atom. The van der Waals surface area contributed by atoms with E-state index in [0.717, 1.165) is 88.9 Å². The van der Waals surface area contributed by atoms with Crippen molar-refractivity contribution in [2.45, 2.75) is 70.4 Å². The second kappa shape index (κ2) is 17.5. The summed E-state index contributed by atoms with van der Waals surface area (Å²) in [6.45, 7) is 24.8. The number of hydrogen-bond donors (Lipinski definition) is 2. The summed E-state index contributed by atoms with van der Waals surface area (Å²) in [5.41, 5.74) is 9.95. The number of benzene rings is 2. The van der Waals surface area contributed by atoms with Gasteiger partial charge in [-0.1, -0.05) is 62.2 Å². The van der Waals surface area contributed by atoms with E-state index in [0.29, 0.717) is 0 Å². The predicted octanol–water partition coefficient (Wildman–Crippen LogP) is 8.35. The zero-order valence-corrected chi connectivity index (χ0v) is 26.4. The molecular weight excluding hydrogens is 512 g/mol. The quantitative estimate of drug-likeness (QED) is 0.117. The average Bonchev–Trinajstić information content (AvgIpc) is 3.33. The van der Waals surface area contributed by atoms with Gasteiger partial charge >= 0.3 is 0 Å². The molecule has 226 valence electrons. The number of likely N-dealkylation sites (N-methyl/N-ethyl adjacent to an activating group) is 1. The molecule has 1 unspecified atom stereocenters. The Morgan fingerprint density at radius 3 is 2.55 bits per heavy atom. The number of nitrogens with zero attached hydrogens (tertiary/aromatic N) is 2. The molecule has 0 spiro atoms. The van der Waals surface area contributed by atoms with Gasteiger partial charge in [-0.15, -0.1) is 13.2 Å². The van der Waals surface area contributed by atoms with E-state index in [-0.39, 0.29) is 6.04 Å². The Kier molecular flexibility index (Phi) is 13.7. The minimum absolute atomic E-state index is 0.224. The van der Waals surface area contributed by atoms with Gasteiger partial charge < -0.3 is 20.4 Å². The largest absolute Gasteiger partial charge is 0.390 e. The van der Waals surface area contributed by atoms with Crippen LogP contribution in [0.4, 0.5) is 5.69 Å². The summed E-state index contributed by atoms with van der Waals surface area (Å²) in [4.78, 5) is 4.72. The van der Waals surface area contributed by atoms with Crippen LogP contribution in [0.2, 0.25) is 0 Å². The lowest BCUT2D eigenvalue weighted by atomic mass is 10.0. The Balaban J connectivity index is 1.35. The van der Waals surface area contributed by atoms with Crippen molar-refractivity contribution in [2.24, 2.45) is 0 Å². The highest BCUT2D eigenvalue weighted by atomic mass is 15.2. The molecule has 1 aliphatic rings. The maximum atomic E-state index is 4.43. The van der Waals surface area contributed by atoms with Crippen molar-refractivity contribution in [1.29, 1.82) is 0 Å². The number of unbranched alkanes of at least 4 members (excludes halogenated alkanes) is 2. The fourth-order valence-corrected chi connectivity index (χ4v) is 5.75. The molecule has 0 radical (unpaired) electrons. The molecule has 0 aliphatic carbocycles. The molecule has 2 N–H and O–H groups in total. The molecule has 0 saturated carbocycles. The van der Waals surface area contributed by atoms with Crippen LogP contribution in [0, 0.1) is 0 Å². The van der Waals surface area contributed by atoms with Crippen molar-refractivity contribution in [3.05, 3.63) is 115 Å². The van der Waals surface area contributed by atoms with E-state index in [2.05, 4.69) is 103 Å². The average molecular weight is 567 g/mol. The van der Waals surface area contributed by atoms with E-state index >= 15 is 0 Å². The molecule has 0 aromatic heterocycles. The number of allylic oxidation sites excluding steroid dienone is 3. The van der Waals surface area contributed by atoms with Crippen LogP contribution in [0.1, 0.15) is 73.6 Å². The standard InChI is InChI=1S/C38H54N4/c1-8-10-14-26-41(7)36-20-15-19-34(28-36)30(3)17-12-13-24-40-25-16-18-33-22-23-37-32(5)42(29-35(37)27-33)38(21-11-9-2)31(4)39-6/h8-9,15,19-20,22-23,27-28,38-40H,1-5,10-14,16-18,21,24-26,29H2,6-7H3. The second-order valence-corrected chi connectivity index (χ2v) is 11.5. The van der Waals surface area contributed by atoms with Gasteiger partial charge in [-0.25, -0.2) is 0 Å². The predicted molar refractivity (Wildman–Crippen MR) is 186 cm³/mol. The van der Waals surface area contributed by atoms with Crippen molar-refractivity contribution >= 4 is 17.0 Å². The second-order valence-electron chi connectivity index (χ2n) is 11.5. The molecule has 4 nitrogen and oxygen atoms in total. The molecule has 2 aromatic carbocycles. The van der Waals surface area contributed by atoms with Crippen LogP contribution in [-0.2, 0) is 13.0 Å². The van der Waals surface area contributed by atoms with Gasteiger partial charge in [0.15, 0.2) is 0 Å². The van der Waals surface area contributed by atoms with Gasteiger partial charge in [-0.2, -0.15) is 0 Å². The summed E-state index contributed by atoms with van der Waals surface area (Å²) in [5, 5.41) is 6.91. The van der Waals surface area contributed by atoms with Crippen LogP contribution in [-0.4, -0.2) is 44.7 Å². The van der Waals surface area contributed by atoms with E-state index in [1.165, 1.54) is 39.9 Å². The molecule has 0 amide bonds. The van der Waals surface area contributed by atoms with Gasteiger partial charge in [0.05, 0.1) is 6.04 Å². The smallest absolute Gasteiger partial charge is 0.0688 e. The van der Waals surface area contributed by atoms with E-state index in [1.807, 2.05) is 19.2 Å². The van der Waals surface area contributed by atoms with Gasteiger partial charge in [0.1, 0.15) is 0 Å². The lowest BCUT2D eigenvalue weighted by Crippen LogP contribution is -2.35. The number of fused-ring (bicyclic) bond motifs is 1. The summed E-state index contributed by atoms with van der Waals surface area (Å²) in [6, 6.07) is 15.9. The molecule has 1 heterocycles. The number of aryl methyl sites for hydroxylation is 1. The zero-order chi connectivity index (χ0) is 30.3. The summed E-state index contributed by atoms with van der Waals surface area (Å²) in [5.74, 6) is 0. The number of hydrogen-bond acceptors (Lipinski definition) is 4. The van der Waals surface area contributed by atoms with Crippen molar-refractivity contribution in [1.82, 2.24) is 15.5 Å². The summed E-state index contributed by atoms with van der Waals surface area (Å²) in [7, 11) is 4.11. The van der Waals surface area contributed by atoms with Crippen LogP contribution < -0.4 is 15.5 Å².